The van der Waals surface area contributed by atoms with Crippen LogP contribution in [0.15, 0.2) is 55.0 Å². The van der Waals surface area contributed by atoms with Crippen LogP contribution < -0.4 is 4.74 Å². The quantitative estimate of drug-likeness (QED) is 0.482. The number of aromatic nitrogens is 4. The van der Waals surface area contributed by atoms with Crippen LogP contribution in [0.3, 0.4) is 0 Å². The zero-order chi connectivity index (χ0) is 22.8. The molecule has 2 aromatic carbocycles. The summed E-state index contributed by atoms with van der Waals surface area (Å²) >= 11 is 0. The van der Waals surface area contributed by atoms with Gasteiger partial charge in [-0.3, -0.25) is 0 Å². The molecule has 0 atom stereocenters. The second-order valence-corrected chi connectivity index (χ2v) is 7.23. The zero-order valence-corrected chi connectivity index (χ0v) is 17.8. The van der Waals surface area contributed by atoms with Crippen LogP contribution in [0.2, 0.25) is 0 Å². The molecule has 0 aliphatic rings. The first kappa shape index (κ1) is 21.0. The Hall–Kier alpha value is -4.20. The van der Waals surface area contributed by atoms with Crippen molar-refractivity contribution >= 4 is 18.1 Å². The maximum atomic E-state index is 13.3. The van der Waals surface area contributed by atoms with Crippen molar-refractivity contribution in [3.8, 4) is 22.7 Å². The highest BCUT2D eigenvalue weighted by Gasteiger charge is 2.20. The molecule has 4 rings (SSSR count). The van der Waals surface area contributed by atoms with Gasteiger partial charge in [0.05, 0.1) is 30.5 Å². The first-order valence-corrected chi connectivity index (χ1v) is 9.80. The first-order valence-electron chi connectivity index (χ1n) is 9.80. The van der Waals surface area contributed by atoms with Gasteiger partial charge in [-0.25, -0.2) is 19.2 Å². The number of halogens is 1. The van der Waals surface area contributed by atoms with E-state index in [9.17, 15) is 14.3 Å². The lowest BCUT2D eigenvalue weighted by atomic mass is 10.1. The van der Waals surface area contributed by atoms with Crippen molar-refractivity contribution in [1.82, 2.24) is 19.1 Å². The summed E-state index contributed by atoms with van der Waals surface area (Å²) in [5.41, 5.74) is 3.49. The van der Waals surface area contributed by atoms with Crippen LogP contribution in [0.25, 0.3) is 29.1 Å². The topological polar surface area (TPSA) is 82.2 Å². The Morgan fingerprint density at radius 2 is 1.91 bits per heavy atom. The van der Waals surface area contributed by atoms with Gasteiger partial charge in [0.25, 0.3) is 0 Å². The van der Waals surface area contributed by atoms with Gasteiger partial charge in [-0.1, -0.05) is 12.1 Å². The van der Waals surface area contributed by atoms with Gasteiger partial charge in [0.2, 0.25) is 0 Å². The number of rotatable bonds is 6. The molecule has 32 heavy (non-hydrogen) atoms. The van der Waals surface area contributed by atoms with Crippen LogP contribution in [0, 0.1) is 12.7 Å². The summed E-state index contributed by atoms with van der Waals surface area (Å²) in [5.74, 6) is -0.421. The normalized spacial score (nSPS) is 11.2. The molecular weight excluding hydrogens is 411 g/mol. The first-order chi connectivity index (χ1) is 15.4. The molecule has 162 valence electrons. The van der Waals surface area contributed by atoms with Crippen molar-refractivity contribution in [2.24, 2.45) is 7.05 Å². The molecule has 4 aromatic rings. The number of nitrogens with zero attached hydrogens (tertiary/aromatic N) is 4. The van der Waals surface area contributed by atoms with Crippen LogP contribution >= 0.6 is 0 Å². The molecule has 2 aromatic heterocycles. The van der Waals surface area contributed by atoms with Gasteiger partial charge in [0.15, 0.2) is 5.69 Å². The maximum Gasteiger partial charge on any atom is 0.356 e. The number of ether oxygens (including phenoxy) is 1. The maximum absolute atomic E-state index is 13.3. The molecule has 0 saturated heterocycles. The number of hydrogen-bond acceptors (Lipinski definition) is 4. The number of carbonyl (C=O) groups is 1. The van der Waals surface area contributed by atoms with E-state index < -0.39 is 11.8 Å². The highest BCUT2D eigenvalue weighted by molar-refractivity contribution is 5.94. The van der Waals surface area contributed by atoms with Gasteiger partial charge in [-0.15, -0.1) is 0 Å². The van der Waals surface area contributed by atoms with Crippen molar-refractivity contribution < 1.29 is 19.0 Å². The number of methoxy groups -OCH3 is 1. The van der Waals surface area contributed by atoms with Gasteiger partial charge in [-0.2, -0.15) is 0 Å². The van der Waals surface area contributed by atoms with Crippen molar-refractivity contribution in [2.75, 3.05) is 7.11 Å². The molecule has 0 spiro atoms. The zero-order valence-electron chi connectivity index (χ0n) is 17.8. The van der Waals surface area contributed by atoms with E-state index >= 15 is 0 Å². The Kier molecular flexibility index (Phi) is 5.59. The third kappa shape index (κ3) is 4.02. The van der Waals surface area contributed by atoms with E-state index in [4.69, 9.17) is 4.74 Å². The predicted octanol–water partition coefficient (Wildman–Crippen LogP) is 4.60. The number of aromatic carboxylic acids is 1. The molecule has 0 aliphatic carbocycles. The van der Waals surface area contributed by atoms with Crippen LogP contribution in [-0.4, -0.2) is 37.3 Å². The van der Waals surface area contributed by atoms with Crippen LogP contribution in [-0.2, 0) is 7.05 Å². The minimum atomic E-state index is -1.15. The Balaban J connectivity index is 1.70. The molecule has 0 fully saturated rings. The minimum absolute atomic E-state index is 0.0952. The van der Waals surface area contributed by atoms with Gasteiger partial charge in [0.1, 0.15) is 17.4 Å². The summed E-state index contributed by atoms with van der Waals surface area (Å²) in [6.45, 7) is 1.92. The SMILES string of the molecule is COc1cc(C=Cc2nc(C(=O)O)c(-c3ccc(F)cc3)n2C)ccc1-n1cnc(C)c1. The predicted molar refractivity (Wildman–Crippen MR) is 119 cm³/mol. The van der Waals surface area contributed by atoms with E-state index in [1.165, 1.54) is 24.3 Å². The van der Waals surface area contributed by atoms with Crippen LogP contribution in [0.5, 0.6) is 5.75 Å². The number of carboxylic acid groups (broad SMARTS) is 1. The van der Waals surface area contributed by atoms with Crippen LogP contribution in [0.4, 0.5) is 4.39 Å². The third-order valence-corrected chi connectivity index (χ3v) is 5.07. The Bertz CT molecular complexity index is 1320. The fourth-order valence-corrected chi connectivity index (χ4v) is 3.49. The van der Waals surface area contributed by atoms with Crippen LogP contribution in [0.1, 0.15) is 27.6 Å². The largest absolute Gasteiger partial charge is 0.495 e. The van der Waals surface area contributed by atoms with Crippen molar-refractivity contribution in [2.45, 2.75) is 6.92 Å². The number of aryl methyl sites for hydroxylation is 1. The smallest absolute Gasteiger partial charge is 0.356 e. The molecule has 7 nitrogen and oxygen atoms in total. The molecule has 8 heteroatoms. The minimum Gasteiger partial charge on any atom is -0.495 e. The molecule has 0 saturated carbocycles. The molecule has 0 amide bonds. The average Bonchev–Trinajstić information content (AvgIpc) is 3.36. The van der Waals surface area contributed by atoms with Crippen molar-refractivity contribution in [3.63, 3.8) is 0 Å². The molecule has 0 radical (unpaired) electrons. The third-order valence-electron chi connectivity index (χ3n) is 5.07. The highest BCUT2D eigenvalue weighted by atomic mass is 19.1. The van der Waals surface area contributed by atoms with Gasteiger partial charge in [0, 0.05) is 18.8 Å². The standard InChI is InChI=1S/C24H21FN4O3/c1-15-13-29(14-26-15)19-10-4-16(12-20(19)32-3)5-11-21-27-22(24(30)31)23(28(21)2)17-6-8-18(25)9-7-17/h4-14H,1-3H3,(H,30,31). The van der Waals surface area contributed by atoms with E-state index in [0.29, 0.717) is 22.8 Å². The summed E-state index contributed by atoms with van der Waals surface area (Å²) in [6, 6.07) is 11.4. The summed E-state index contributed by atoms with van der Waals surface area (Å²) in [6.07, 6.45) is 7.19. The number of carboxylic acids is 1. The Morgan fingerprint density at radius 3 is 2.53 bits per heavy atom. The number of benzene rings is 2. The second-order valence-electron chi connectivity index (χ2n) is 7.23. The molecular formula is C24H21FN4O3. The molecule has 0 aliphatic heterocycles. The summed E-state index contributed by atoms with van der Waals surface area (Å²) in [5, 5.41) is 9.62. The second kappa shape index (κ2) is 8.50. The van der Waals surface area contributed by atoms with E-state index in [1.807, 2.05) is 42.0 Å². The van der Waals surface area contributed by atoms with Gasteiger partial charge >= 0.3 is 5.97 Å². The van der Waals surface area contributed by atoms with E-state index in [-0.39, 0.29) is 5.69 Å². The van der Waals surface area contributed by atoms with E-state index in [0.717, 1.165) is 16.9 Å². The average molecular weight is 432 g/mol. The highest BCUT2D eigenvalue weighted by Crippen LogP contribution is 2.28. The van der Waals surface area contributed by atoms with Crippen molar-refractivity contribution in [3.05, 3.63) is 83.6 Å². The fourth-order valence-electron chi connectivity index (χ4n) is 3.49. The van der Waals surface area contributed by atoms with Gasteiger partial charge in [-0.05, 0) is 55.0 Å². The summed E-state index contributed by atoms with van der Waals surface area (Å²) < 4.78 is 22.4. The fraction of sp³-hybridized carbons (Fsp3) is 0.125. The van der Waals surface area contributed by atoms with E-state index in [2.05, 4.69) is 9.97 Å². The molecule has 1 N–H and O–H groups in total. The molecule has 0 unspecified atom stereocenters. The number of hydrogen-bond donors (Lipinski definition) is 1. The van der Waals surface area contributed by atoms with Crippen molar-refractivity contribution in [1.29, 1.82) is 0 Å². The number of imidazole rings is 2. The lowest BCUT2D eigenvalue weighted by Crippen LogP contribution is -2.01. The van der Waals surface area contributed by atoms with Gasteiger partial charge < -0.3 is 19.0 Å². The Labute approximate surface area is 184 Å². The summed E-state index contributed by atoms with van der Waals surface area (Å²) in [4.78, 5) is 20.3. The monoisotopic (exact) mass is 432 g/mol. The lowest BCUT2D eigenvalue weighted by Gasteiger charge is -2.10. The molecule has 2 heterocycles. The summed E-state index contributed by atoms with van der Waals surface area (Å²) in [7, 11) is 3.33. The van der Waals surface area contributed by atoms with E-state index in [1.54, 1.807) is 31.1 Å². The Morgan fingerprint density at radius 1 is 1.16 bits per heavy atom. The lowest BCUT2D eigenvalue weighted by molar-refractivity contribution is 0.0692. The molecule has 0 bridgehead atoms.